The third-order valence-electron chi connectivity index (χ3n) is 1.19. The summed E-state index contributed by atoms with van der Waals surface area (Å²) in [5, 5.41) is 5.28. The molecule has 0 aliphatic heterocycles. The van der Waals surface area contributed by atoms with Crippen molar-refractivity contribution in [2.75, 3.05) is 13.6 Å². The molecule has 0 saturated carbocycles. The van der Waals surface area contributed by atoms with E-state index in [0.717, 1.165) is 0 Å². The molecular formula is C7H14N4S2. The highest BCUT2D eigenvalue weighted by atomic mass is 32.1. The van der Waals surface area contributed by atoms with Gasteiger partial charge in [0.15, 0.2) is 10.2 Å². The molecule has 0 aromatic heterocycles. The second-order valence-electron chi connectivity index (χ2n) is 2.29. The molecule has 0 aromatic rings. The number of thiocarbonyl (C=S) groups is 2. The van der Waals surface area contributed by atoms with E-state index in [-0.39, 0.29) is 5.11 Å². The van der Waals surface area contributed by atoms with E-state index >= 15 is 0 Å². The van der Waals surface area contributed by atoms with Crippen molar-refractivity contribution in [1.29, 1.82) is 0 Å². The first-order chi connectivity index (χ1) is 6.07. The fourth-order valence-electron chi connectivity index (χ4n) is 0.599. The number of hydrazine groups is 1. The first-order valence-corrected chi connectivity index (χ1v) is 4.58. The zero-order valence-corrected chi connectivity index (χ0v) is 9.34. The Balaban J connectivity index is 3.75. The quantitative estimate of drug-likeness (QED) is 0.348. The first-order valence-electron chi connectivity index (χ1n) is 3.76. The monoisotopic (exact) mass is 218 g/mol. The average Bonchev–Trinajstić information content (AvgIpc) is 2.03. The summed E-state index contributed by atoms with van der Waals surface area (Å²) < 4.78 is 0. The van der Waals surface area contributed by atoms with Gasteiger partial charge in [-0.15, -0.1) is 0 Å². The van der Waals surface area contributed by atoms with Gasteiger partial charge in [0.25, 0.3) is 0 Å². The lowest BCUT2D eigenvalue weighted by Crippen LogP contribution is -2.49. The van der Waals surface area contributed by atoms with Gasteiger partial charge in [-0.2, -0.15) is 0 Å². The van der Waals surface area contributed by atoms with Crippen molar-refractivity contribution in [2.45, 2.75) is 6.92 Å². The predicted molar refractivity (Wildman–Crippen MR) is 63.1 cm³/mol. The van der Waals surface area contributed by atoms with Crippen LogP contribution in [0.2, 0.25) is 0 Å². The van der Waals surface area contributed by atoms with Gasteiger partial charge in [-0.05, 0) is 31.4 Å². The van der Waals surface area contributed by atoms with Gasteiger partial charge in [0, 0.05) is 13.6 Å². The maximum Gasteiger partial charge on any atom is 0.187 e. The third-order valence-corrected chi connectivity index (χ3v) is 1.70. The highest BCUT2D eigenvalue weighted by molar-refractivity contribution is 7.80. The molecule has 0 bridgehead atoms. The van der Waals surface area contributed by atoms with E-state index in [4.69, 9.17) is 18.0 Å². The van der Waals surface area contributed by atoms with Gasteiger partial charge in [0.05, 0.1) is 0 Å². The van der Waals surface area contributed by atoms with Crippen molar-refractivity contribution in [3.63, 3.8) is 0 Å². The summed E-state index contributed by atoms with van der Waals surface area (Å²) in [5.41, 5.74) is 7.95. The molecule has 0 aliphatic carbocycles. The van der Waals surface area contributed by atoms with Gasteiger partial charge in [-0.3, -0.25) is 10.4 Å². The summed E-state index contributed by atoms with van der Waals surface area (Å²) in [5.74, 6) is 0. The smallest absolute Gasteiger partial charge is 0.187 e. The molecular weight excluding hydrogens is 204 g/mol. The van der Waals surface area contributed by atoms with Crippen molar-refractivity contribution < 1.29 is 0 Å². The van der Waals surface area contributed by atoms with Crippen molar-refractivity contribution >= 4 is 34.7 Å². The van der Waals surface area contributed by atoms with Crippen LogP contribution in [0.1, 0.15) is 6.92 Å². The molecule has 0 spiro atoms. The number of nitrogens with one attached hydrogen (secondary N) is 2. The molecule has 0 aromatic carbocycles. The lowest BCUT2D eigenvalue weighted by Gasteiger charge is -2.20. The minimum Gasteiger partial charge on any atom is -0.375 e. The lowest BCUT2D eigenvalue weighted by atomic mass is 10.5. The van der Waals surface area contributed by atoms with Crippen LogP contribution < -0.4 is 16.5 Å². The molecule has 0 amide bonds. The van der Waals surface area contributed by atoms with Gasteiger partial charge >= 0.3 is 0 Å². The predicted octanol–water partition coefficient (Wildman–Crippen LogP) is 0.117. The summed E-state index contributed by atoms with van der Waals surface area (Å²) >= 11 is 9.66. The number of hydrogen-bond donors (Lipinski definition) is 3. The van der Waals surface area contributed by atoms with Crippen molar-refractivity contribution in [3.8, 4) is 0 Å². The van der Waals surface area contributed by atoms with E-state index in [2.05, 4.69) is 23.0 Å². The van der Waals surface area contributed by atoms with Crippen LogP contribution in [-0.4, -0.2) is 28.8 Å². The number of nitrogens with two attached hydrogens (primary N) is 1. The topological polar surface area (TPSA) is 53.3 Å². The maximum atomic E-state index is 5.26. The summed E-state index contributed by atoms with van der Waals surface area (Å²) in [6.45, 7) is 2.64. The Kier molecular flexibility index (Phi) is 6.17. The Bertz CT molecular complexity index is 215. The SMILES string of the molecule is CC=CCNC(=S)N(C)NC(N)=S. The Morgan fingerprint density at radius 3 is 2.62 bits per heavy atom. The molecule has 74 valence electrons. The lowest BCUT2D eigenvalue weighted by molar-refractivity contribution is 0.451. The van der Waals surface area contributed by atoms with Gasteiger partial charge in [0.2, 0.25) is 0 Å². The molecule has 6 heteroatoms. The van der Waals surface area contributed by atoms with E-state index < -0.39 is 0 Å². The molecule has 4 N–H and O–H groups in total. The fraction of sp³-hybridized carbons (Fsp3) is 0.429. The van der Waals surface area contributed by atoms with Gasteiger partial charge in [0.1, 0.15) is 0 Å². The summed E-state index contributed by atoms with van der Waals surface area (Å²) in [7, 11) is 1.74. The minimum atomic E-state index is 0.192. The second-order valence-corrected chi connectivity index (χ2v) is 3.12. The van der Waals surface area contributed by atoms with Crippen LogP contribution in [0.5, 0.6) is 0 Å². The molecule has 0 saturated heterocycles. The second kappa shape index (κ2) is 6.62. The average molecular weight is 218 g/mol. The van der Waals surface area contributed by atoms with Crippen LogP contribution >= 0.6 is 24.4 Å². The zero-order valence-electron chi connectivity index (χ0n) is 7.70. The Morgan fingerprint density at radius 1 is 1.54 bits per heavy atom. The van der Waals surface area contributed by atoms with E-state index in [1.165, 1.54) is 0 Å². The van der Waals surface area contributed by atoms with Gasteiger partial charge in [-0.1, -0.05) is 12.2 Å². The normalized spacial score (nSPS) is 9.69. The molecule has 0 rings (SSSR count). The molecule has 0 heterocycles. The van der Waals surface area contributed by atoms with Crippen LogP contribution in [0.25, 0.3) is 0 Å². The van der Waals surface area contributed by atoms with E-state index in [1.807, 2.05) is 19.1 Å². The van der Waals surface area contributed by atoms with E-state index in [9.17, 15) is 0 Å². The van der Waals surface area contributed by atoms with E-state index in [0.29, 0.717) is 11.7 Å². The molecule has 0 radical (unpaired) electrons. The zero-order chi connectivity index (χ0) is 10.3. The molecule has 0 unspecified atom stereocenters. The van der Waals surface area contributed by atoms with Crippen LogP contribution in [0, 0.1) is 0 Å². The standard InChI is InChI=1S/C7H14N4S2/c1-3-4-5-9-7(13)11(2)10-6(8)12/h3-4H,5H2,1-2H3,(H,9,13)(H3,8,10,12). The largest absolute Gasteiger partial charge is 0.375 e. The summed E-state index contributed by atoms with van der Waals surface area (Å²) in [4.78, 5) is 0. The van der Waals surface area contributed by atoms with Crippen molar-refractivity contribution in [1.82, 2.24) is 15.8 Å². The van der Waals surface area contributed by atoms with Crippen LogP contribution in [0.15, 0.2) is 12.2 Å². The third kappa shape index (κ3) is 6.30. The maximum absolute atomic E-state index is 5.26. The summed E-state index contributed by atoms with van der Waals surface area (Å²) in [6.07, 6.45) is 3.90. The van der Waals surface area contributed by atoms with Crippen molar-refractivity contribution in [2.24, 2.45) is 5.73 Å². The van der Waals surface area contributed by atoms with Crippen LogP contribution in [-0.2, 0) is 0 Å². The Labute approximate surface area is 89.1 Å². The highest BCUT2D eigenvalue weighted by Crippen LogP contribution is 1.79. The van der Waals surface area contributed by atoms with Crippen LogP contribution in [0.4, 0.5) is 0 Å². The van der Waals surface area contributed by atoms with Crippen molar-refractivity contribution in [3.05, 3.63) is 12.2 Å². The molecule has 0 atom stereocenters. The first kappa shape index (κ1) is 12.1. The molecule has 0 aliphatic rings. The molecule has 4 nitrogen and oxygen atoms in total. The Hall–Kier alpha value is -0.880. The summed E-state index contributed by atoms with van der Waals surface area (Å²) in [6, 6.07) is 0. The number of nitrogens with zero attached hydrogens (tertiary/aromatic N) is 1. The Morgan fingerprint density at radius 2 is 2.15 bits per heavy atom. The number of allylic oxidation sites excluding steroid dienone is 1. The highest BCUT2D eigenvalue weighted by Gasteiger charge is 2.01. The fourth-order valence-corrected chi connectivity index (χ4v) is 0.865. The molecule has 0 fully saturated rings. The van der Waals surface area contributed by atoms with Crippen LogP contribution in [0.3, 0.4) is 0 Å². The van der Waals surface area contributed by atoms with Gasteiger partial charge < -0.3 is 11.1 Å². The van der Waals surface area contributed by atoms with Gasteiger partial charge in [-0.25, -0.2) is 0 Å². The number of hydrogen-bond acceptors (Lipinski definition) is 2. The minimum absolute atomic E-state index is 0.192. The molecule has 13 heavy (non-hydrogen) atoms. The van der Waals surface area contributed by atoms with E-state index in [1.54, 1.807) is 12.1 Å². The number of rotatable bonds is 2.